The first-order valence-electron chi connectivity index (χ1n) is 6.52. The summed E-state index contributed by atoms with van der Waals surface area (Å²) in [5.41, 5.74) is 1.18. The van der Waals surface area contributed by atoms with Gasteiger partial charge in [-0.05, 0) is 37.4 Å². The van der Waals surface area contributed by atoms with Crippen LogP contribution >= 0.6 is 23.6 Å². The van der Waals surface area contributed by atoms with Crippen LogP contribution < -0.4 is 5.32 Å². The second-order valence-corrected chi connectivity index (χ2v) is 7.21. The SMILES string of the molecule is Cc1[nH]c(=S)sc1CC(=O)NCC1(C)CCOCC1. The van der Waals surface area contributed by atoms with Gasteiger partial charge in [-0.25, -0.2) is 0 Å². The molecule has 0 unspecified atom stereocenters. The van der Waals surface area contributed by atoms with E-state index in [1.54, 1.807) is 0 Å². The highest BCUT2D eigenvalue weighted by Gasteiger charge is 2.27. The van der Waals surface area contributed by atoms with Crippen molar-refractivity contribution in [1.29, 1.82) is 0 Å². The van der Waals surface area contributed by atoms with Crippen molar-refractivity contribution in [3.8, 4) is 0 Å². The van der Waals surface area contributed by atoms with E-state index in [0.29, 0.717) is 6.42 Å². The molecule has 0 atom stereocenters. The zero-order valence-electron chi connectivity index (χ0n) is 11.4. The Bertz CT molecular complexity index is 501. The topological polar surface area (TPSA) is 54.1 Å². The predicted molar refractivity (Wildman–Crippen MR) is 79.1 cm³/mol. The molecule has 1 aliphatic rings. The smallest absolute Gasteiger partial charge is 0.225 e. The van der Waals surface area contributed by atoms with Gasteiger partial charge in [-0.1, -0.05) is 6.92 Å². The summed E-state index contributed by atoms with van der Waals surface area (Å²) in [6, 6.07) is 0. The number of hydrogen-bond acceptors (Lipinski definition) is 4. The minimum absolute atomic E-state index is 0.0704. The van der Waals surface area contributed by atoms with E-state index < -0.39 is 0 Å². The Kier molecular flexibility index (Phi) is 4.76. The summed E-state index contributed by atoms with van der Waals surface area (Å²) in [6.45, 7) is 6.48. The molecule has 0 spiro atoms. The number of hydrogen-bond donors (Lipinski definition) is 2. The molecule has 1 aliphatic heterocycles. The number of aryl methyl sites for hydroxylation is 1. The highest BCUT2D eigenvalue weighted by atomic mass is 32.1. The van der Waals surface area contributed by atoms with Gasteiger partial charge in [0, 0.05) is 30.3 Å². The van der Waals surface area contributed by atoms with Crippen LogP contribution in [0.1, 0.15) is 30.3 Å². The Hall–Kier alpha value is -0.720. The summed E-state index contributed by atoms with van der Waals surface area (Å²) in [6.07, 6.45) is 2.43. The molecule has 2 heterocycles. The number of nitrogens with one attached hydrogen (secondary N) is 2. The number of aromatic nitrogens is 1. The molecule has 0 aromatic carbocycles. The van der Waals surface area contributed by atoms with Crippen LogP contribution in [0.2, 0.25) is 0 Å². The van der Waals surface area contributed by atoms with E-state index in [9.17, 15) is 4.79 Å². The van der Waals surface area contributed by atoms with Crippen molar-refractivity contribution in [3.63, 3.8) is 0 Å². The number of ether oxygens (including phenoxy) is 1. The second kappa shape index (κ2) is 6.15. The van der Waals surface area contributed by atoms with Crippen LogP contribution in [0.5, 0.6) is 0 Å². The molecule has 1 aromatic rings. The van der Waals surface area contributed by atoms with Gasteiger partial charge >= 0.3 is 0 Å². The summed E-state index contributed by atoms with van der Waals surface area (Å²) < 4.78 is 6.09. The monoisotopic (exact) mass is 300 g/mol. The van der Waals surface area contributed by atoms with Crippen molar-refractivity contribution >= 4 is 29.5 Å². The Labute approximate surface area is 122 Å². The minimum Gasteiger partial charge on any atom is -0.381 e. The number of rotatable bonds is 4. The fourth-order valence-electron chi connectivity index (χ4n) is 2.17. The molecule has 106 valence electrons. The van der Waals surface area contributed by atoms with Gasteiger partial charge in [-0.15, -0.1) is 11.3 Å². The second-order valence-electron chi connectivity index (χ2n) is 5.44. The molecule has 2 N–H and O–H groups in total. The molecule has 19 heavy (non-hydrogen) atoms. The molecule has 1 fully saturated rings. The molecule has 0 bridgehead atoms. The normalized spacial score (nSPS) is 18.2. The summed E-state index contributed by atoms with van der Waals surface area (Å²) in [7, 11) is 0. The lowest BCUT2D eigenvalue weighted by molar-refractivity contribution is -0.121. The zero-order chi connectivity index (χ0) is 13.9. The molecule has 4 nitrogen and oxygen atoms in total. The number of carbonyl (C=O) groups excluding carboxylic acids is 1. The first kappa shape index (κ1) is 14.7. The van der Waals surface area contributed by atoms with Crippen molar-refractivity contribution in [1.82, 2.24) is 10.3 Å². The third kappa shape index (κ3) is 4.12. The first-order valence-corrected chi connectivity index (χ1v) is 7.74. The standard InChI is InChI=1S/C13H20N2O2S2/c1-9-10(19-12(18)15-9)7-11(16)14-8-13(2)3-5-17-6-4-13/h3-8H2,1-2H3,(H,14,16)(H,15,18). The number of H-pyrrole nitrogens is 1. The van der Waals surface area contributed by atoms with Gasteiger partial charge in [0.25, 0.3) is 0 Å². The zero-order valence-corrected chi connectivity index (χ0v) is 13.0. The average molecular weight is 300 g/mol. The van der Waals surface area contributed by atoms with E-state index in [2.05, 4.69) is 17.2 Å². The Morgan fingerprint density at radius 1 is 1.53 bits per heavy atom. The number of aromatic amines is 1. The molecule has 0 aliphatic carbocycles. The van der Waals surface area contributed by atoms with Gasteiger partial charge in [0.05, 0.1) is 6.42 Å². The van der Waals surface area contributed by atoms with Gasteiger partial charge in [-0.3, -0.25) is 4.79 Å². The van der Waals surface area contributed by atoms with E-state index in [1.165, 1.54) is 11.3 Å². The molecule has 1 aromatic heterocycles. The fraction of sp³-hybridized carbons (Fsp3) is 0.692. The Balaban J connectivity index is 1.84. The lowest BCUT2D eigenvalue weighted by atomic mass is 9.82. The third-order valence-corrected chi connectivity index (χ3v) is 4.99. The maximum absolute atomic E-state index is 12.0. The van der Waals surface area contributed by atoms with Gasteiger partial charge in [0.1, 0.15) is 0 Å². The molecule has 1 amide bonds. The molecular weight excluding hydrogens is 280 g/mol. The van der Waals surface area contributed by atoms with Crippen molar-refractivity contribution in [2.75, 3.05) is 19.8 Å². The van der Waals surface area contributed by atoms with Crippen LogP contribution in [0.3, 0.4) is 0 Å². The van der Waals surface area contributed by atoms with Crippen LogP contribution in [-0.2, 0) is 16.0 Å². The third-order valence-electron chi connectivity index (χ3n) is 3.66. The van der Waals surface area contributed by atoms with Crippen LogP contribution in [0, 0.1) is 16.3 Å². The number of thiazole rings is 1. The quantitative estimate of drug-likeness (QED) is 0.840. The molecule has 2 rings (SSSR count). The lowest BCUT2D eigenvalue weighted by Gasteiger charge is -2.33. The van der Waals surface area contributed by atoms with E-state index in [4.69, 9.17) is 17.0 Å². The van der Waals surface area contributed by atoms with E-state index in [-0.39, 0.29) is 11.3 Å². The van der Waals surface area contributed by atoms with Crippen LogP contribution in [0.4, 0.5) is 0 Å². The summed E-state index contributed by atoms with van der Waals surface area (Å²) in [4.78, 5) is 16.1. The highest BCUT2D eigenvalue weighted by molar-refractivity contribution is 7.73. The van der Waals surface area contributed by atoms with Crippen LogP contribution in [-0.4, -0.2) is 30.6 Å². The van der Waals surface area contributed by atoms with Gasteiger partial charge in [0.2, 0.25) is 5.91 Å². The predicted octanol–water partition coefficient (Wildman–Crippen LogP) is 2.59. The maximum atomic E-state index is 12.0. The van der Waals surface area contributed by atoms with Crippen molar-refractivity contribution in [3.05, 3.63) is 14.5 Å². The van der Waals surface area contributed by atoms with Crippen molar-refractivity contribution < 1.29 is 9.53 Å². The van der Waals surface area contributed by atoms with Gasteiger partial charge in [-0.2, -0.15) is 0 Å². The Morgan fingerprint density at radius 2 is 2.21 bits per heavy atom. The Morgan fingerprint density at radius 3 is 2.79 bits per heavy atom. The van der Waals surface area contributed by atoms with Crippen LogP contribution in [0.25, 0.3) is 0 Å². The van der Waals surface area contributed by atoms with E-state index in [1.807, 2.05) is 6.92 Å². The summed E-state index contributed by atoms with van der Waals surface area (Å²) in [5, 5.41) is 3.04. The van der Waals surface area contributed by atoms with Crippen LogP contribution in [0.15, 0.2) is 0 Å². The van der Waals surface area contributed by atoms with Gasteiger partial charge < -0.3 is 15.0 Å². The lowest BCUT2D eigenvalue weighted by Crippen LogP contribution is -2.39. The highest BCUT2D eigenvalue weighted by Crippen LogP contribution is 2.28. The fourth-order valence-corrected chi connectivity index (χ4v) is 3.46. The summed E-state index contributed by atoms with van der Waals surface area (Å²) >= 11 is 6.56. The molecule has 1 saturated heterocycles. The average Bonchev–Trinajstić information content (AvgIpc) is 2.66. The molecule has 6 heteroatoms. The molecule has 0 radical (unpaired) electrons. The first-order chi connectivity index (χ1) is 8.98. The van der Waals surface area contributed by atoms with Gasteiger partial charge in [0.15, 0.2) is 3.95 Å². The molecule has 0 saturated carbocycles. The largest absolute Gasteiger partial charge is 0.381 e. The van der Waals surface area contributed by atoms with Crippen molar-refractivity contribution in [2.45, 2.75) is 33.1 Å². The van der Waals surface area contributed by atoms with Crippen molar-refractivity contribution in [2.24, 2.45) is 5.41 Å². The number of carbonyl (C=O) groups is 1. The maximum Gasteiger partial charge on any atom is 0.225 e. The van der Waals surface area contributed by atoms with E-state index in [0.717, 1.165) is 47.1 Å². The summed E-state index contributed by atoms with van der Waals surface area (Å²) in [5.74, 6) is 0.0704. The molecular formula is C13H20N2O2S2. The minimum atomic E-state index is 0.0704. The number of amides is 1. The van der Waals surface area contributed by atoms with E-state index >= 15 is 0 Å².